The third-order valence-electron chi connectivity index (χ3n) is 4.42. The Morgan fingerprint density at radius 2 is 2.10 bits per heavy atom. The van der Waals surface area contributed by atoms with Crippen molar-refractivity contribution >= 4 is 5.91 Å². The van der Waals surface area contributed by atoms with Crippen molar-refractivity contribution in [1.29, 1.82) is 0 Å². The van der Waals surface area contributed by atoms with Gasteiger partial charge in [-0.2, -0.15) is 5.10 Å². The number of ether oxygens (including phenoxy) is 1. The van der Waals surface area contributed by atoms with Crippen molar-refractivity contribution in [3.8, 4) is 0 Å². The second-order valence-corrected chi connectivity index (χ2v) is 6.11. The Labute approximate surface area is 119 Å². The van der Waals surface area contributed by atoms with E-state index in [4.69, 9.17) is 4.74 Å². The Morgan fingerprint density at radius 3 is 2.70 bits per heavy atom. The molecule has 1 amide bonds. The van der Waals surface area contributed by atoms with Crippen LogP contribution in [0, 0.1) is 19.8 Å². The van der Waals surface area contributed by atoms with E-state index < -0.39 is 0 Å². The van der Waals surface area contributed by atoms with Crippen LogP contribution in [0.25, 0.3) is 0 Å². The number of aromatic nitrogens is 2. The van der Waals surface area contributed by atoms with Crippen molar-refractivity contribution in [3.05, 3.63) is 17.0 Å². The summed E-state index contributed by atoms with van der Waals surface area (Å²) in [5.41, 5.74) is 2.52. The molecule has 0 bridgehead atoms. The highest BCUT2D eigenvalue weighted by Crippen LogP contribution is 2.30. The molecule has 1 aromatic rings. The lowest BCUT2D eigenvalue weighted by molar-refractivity contribution is 0.0480. The van der Waals surface area contributed by atoms with E-state index in [9.17, 15) is 4.79 Å². The van der Waals surface area contributed by atoms with Crippen LogP contribution in [0.3, 0.4) is 0 Å². The maximum absolute atomic E-state index is 12.6. The van der Waals surface area contributed by atoms with Gasteiger partial charge in [-0.3, -0.25) is 9.48 Å². The van der Waals surface area contributed by atoms with Crippen molar-refractivity contribution in [1.82, 2.24) is 14.7 Å². The number of rotatable bonds is 4. The maximum Gasteiger partial charge on any atom is 0.257 e. The molecule has 2 aliphatic rings. The number of carbonyl (C=O) groups is 1. The van der Waals surface area contributed by atoms with Crippen LogP contribution in [0.4, 0.5) is 0 Å². The number of amides is 1. The molecule has 0 aromatic carbocycles. The minimum atomic E-state index is 0.102. The number of aryl methyl sites for hydroxylation is 2. The van der Waals surface area contributed by atoms with Crippen molar-refractivity contribution < 1.29 is 9.53 Å². The summed E-state index contributed by atoms with van der Waals surface area (Å²) < 4.78 is 7.67. The molecule has 2 heterocycles. The minimum Gasteiger partial charge on any atom is -0.376 e. The molecule has 3 rings (SSSR count). The quantitative estimate of drug-likeness (QED) is 0.841. The Hall–Kier alpha value is -1.36. The van der Waals surface area contributed by atoms with E-state index in [-0.39, 0.29) is 12.0 Å². The van der Waals surface area contributed by atoms with Gasteiger partial charge in [-0.1, -0.05) is 0 Å². The minimum absolute atomic E-state index is 0.102. The normalized spacial score (nSPS) is 22.6. The van der Waals surface area contributed by atoms with Gasteiger partial charge in [0.15, 0.2) is 0 Å². The molecule has 5 heteroatoms. The van der Waals surface area contributed by atoms with Gasteiger partial charge in [-0.15, -0.1) is 0 Å². The fraction of sp³-hybridized carbons (Fsp3) is 0.733. The first kappa shape index (κ1) is 13.6. The smallest absolute Gasteiger partial charge is 0.257 e. The predicted octanol–water partition coefficient (Wildman–Crippen LogP) is 1.68. The highest BCUT2D eigenvalue weighted by Gasteiger charge is 2.31. The lowest BCUT2D eigenvalue weighted by Gasteiger charge is -2.17. The van der Waals surface area contributed by atoms with E-state index in [0.717, 1.165) is 49.0 Å². The fourth-order valence-corrected chi connectivity index (χ4v) is 2.85. The summed E-state index contributed by atoms with van der Waals surface area (Å²) >= 11 is 0. The van der Waals surface area contributed by atoms with Gasteiger partial charge in [0, 0.05) is 32.4 Å². The van der Waals surface area contributed by atoms with Gasteiger partial charge in [-0.05, 0) is 39.0 Å². The molecule has 1 saturated carbocycles. The van der Waals surface area contributed by atoms with Gasteiger partial charge in [0.25, 0.3) is 5.91 Å². The zero-order valence-corrected chi connectivity index (χ0v) is 12.6. The molecular formula is C15H23N3O2. The number of nitrogens with zero attached hydrogens (tertiary/aromatic N) is 3. The summed E-state index contributed by atoms with van der Waals surface area (Å²) in [6.45, 7) is 6.24. The average molecular weight is 277 g/mol. The number of likely N-dealkylation sites (tertiary alicyclic amines) is 1. The second kappa shape index (κ2) is 5.20. The first-order valence-corrected chi connectivity index (χ1v) is 7.47. The van der Waals surface area contributed by atoms with Crippen molar-refractivity contribution in [2.24, 2.45) is 13.0 Å². The van der Waals surface area contributed by atoms with Crippen molar-refractivity contribution in [3.63, 3.8) is 0 Å². The van der Waals surface area contributed by atoms with Crippen LogP contribution in [0.5, 0.6) is 0 Å². The first-order valence-electron chi connectivity index (χ1n) is 7.47. The largest absolute Gasteiger partial charge is 0.376 e. The van der Waals surface area contributed by atoms with E-state index in [1.54, 1.807) is 4.68 Å². The predicted molar refractivity (Wildman–Crippen MR) is 75.7 cm³/mol. The van der Waals surface area contributed by atoms with Crippen LogP contribution in [0.2, 0.25) is 0 Å². The molecule has 1 atom stereocenters. The van der Waals surface area contributed by atoms with Gasteiger partial charge in [0.1, 0.15) is 0 Å². The van der Waals surface area contributed by atoms with Crippen molar-refractivity contribution in [2.75, 3.05) is 19.7 Å². The Balaban J connectivity index is 1.62. The van der Waals surface area contributed by atoms with Gasteiger partial charge in [0.05, 0.1) is 17.4 Å². The monoisotopic (exact) mass is 277 g/mol. The number of hydrogen-bond donors (Lipinski definition) is 0. The molecule has 0 spiro atoms. The molecular weight excluding hydrogens is 254 g/mol. The van der Waals surface area contributed by atoms with E-state index in [1.165, 1.54) is 12.8 Å². The summed E-state index contributed by atoms with van der Waals surface area (Å²) in [5.74, 6) is 0.883. The SMILES string of the molecule is Cc1nn(C)c(C)c1C(=O)N1CCC(OCC2CC2)C1. The van der Waals surface area contributed by atoms with Gasteiger partial charge in [-0.25, -0.2) is 0 Å². The van der Waals surface area contributed by atoms with Gasteiger partial charge < -0.3 is 9.64 Å². The lowest BCUT2D eigenvalue weighted by Crippen LogP contribution is -2.31. The number of hydrogen-bond acceptors (Lipinski definition) is 3. The maximum atomic E-state index is 12.6. The fourth-order valence-electron chi connectivity index (χ4n) is 2.85. The van der Waals surface area contributed by atoms with Crippen LogP contribution in [0.15, 0.2) is 0 Å². The summed E-state index contributed by atoms with van der Waals surface area (Å²) in [7, 11) is 1.88. The van der Waals surface area contributed by atoms with E-state index in [0.29, 0.717) is 0 Å². The molecule has 1 aromatic heterocycles. The van der Waals surface area contributed by atoms with Gasteiger partial charge in [0.2, 0.25) is 0 Å². The molecule has 110 valence electrons. The second-order valence-electron chi connectivity index (χ2n) is 6.11. The van der Waals surface area contributed by atoms with Crippen molar-refractivity contribution in [2.45, 2.75) is 39.2 Å². The zero-order valence-electron chi connectivity index (χ0n) is 12.6. The molecule has 1 saturated heterocycles. The molecule has 0 radical (unpaired) electrons. The first-order chi connectivity index (χ1) is 9.56. The number of carbonyl (C=O) groups excluding carboxylic acids is 1. The third-order valence-corrected chi connectivity index (χ3v) is 4.42. The Morgan fingerprint density at radius 1 is 1.35 bits per heavy atom. The molecule has 1 aliphatic heterocycles. The van der Waals surface area contributed by atoms with E-state index in [1.807, 2.05) is 25.8 Å². The molecule has 5 nitrogen and oxygen atoms in total. The zero-order chi connectivity index (χ0) is 14.3. The Bertz CT molecular complexity index is 519. The molecule has 20 heavy (non-hydrogen) atoms. The third kappa shape index (κ3) is 2.59. The molecule has 1 aliphatic carbocycles. The highest BCUT2D eigenvalue weighted by atomic mass is 16.5. The average Bonchev–Trinajstić information content (AvgIpc) is 3.05. The van der Waals surface area contributed by atoms with Crippen LogP contribution in [0.1, 0.15) is 41.0 Å². The van der Waals surface area contributed by atoms with Crippen LogP contribution in [-0.2, 0) is 11.8 Å². The van der Waals surface area contributed by atoms with Crippen LogP contribution in [-0.4, -0.2) is 46.4 Å². The summed E-state index contributed by atoms with van der Waals surface area (Å²) in [6, 6.07) is 0. The van der Waals surface area contributed by atoms with Crippen LogP contribution >= 0.6 is 0 Å². The Kier molecular flexibility index (Phi) is 3.54. The summed E-state index contributed by atoms with van der Waals surface area (Å²) in [5, 5.41) is 4.33. The van der Waals surface area contributed by atoms with Crippen LogP contribution < -0.4 is 0 Å². The molecule has 0 N–H and O–H groups in total. The van der Waals surface area contributed by atoms with E-state index >= 15 is 0 Å². The van der Waals surface area contributed by atoms with E-state index in [2.05, 4.69) is 5.10 Å². The summed E-state index contributed by atoms with van der Waals surface area (Å²) in [6.07, 6.45) is 3.79. The standard InChI is InChI=1S/C15H23N3O2/c1-10-14(11(2)17(3)16-10)15(19)18-7-6-13(8-18)20-9-12-4-5-12/h12-13H,4-9H2,1-3H3. The molecule has 2 fully saturated rings. The highest BCUT2D eigenvalue weighted by molar-refractivity contribution is 5.96. The van der Waals surface area contributed by atoms with Gasteiger partial charge >= 0.3 is 0 Å². The molecule has 1 unspecified atom stereocenters. The summed E-state index contributed by atoms with van der Waals surface area (Å²) in [4.78, 5) is 14.5. The topological polar surface area (TPSA) is 47.4 Å². The lowest BCUT2D eigenvalue weighted by atomic mass is 10.2.